The Hall–Kier alpha value is -1.94. The molecule has 2 aromatic rings. The van der Waals surface area contributed by atoms with Gasteiger partial charge in [-0.15, -0.1) is 0 Å². The van der Waals surface area contributed by atoms with E-state index in [1.165, 1.54) is 6.42 Å². The van der Waals surface area contributed by atoms with Gasteiger partial charge in [-0.3, -0.25) is 0 Å². The molecule has 0 radical (unpaired) electrons. The molecule has 2 heterocycles. The van der Waals surface area contributed by atoms with E-state index in [9.17, 15) is 0 Å². The molecule has 1 saturated heterocycles. The van der Waals surface area contributed by atoms with E-state index in [2.05, 4.69) is 16.4 Å². The van der Waals surface area contributed by atoms with Crippen molar-refractivity contribution in [2.75, 3.05) is 13.7 Å². The molecule has 1 N–H and O–H groups in total. The van der Waals surface area contributed by atoms with Crippen molar-refractivity contribution in [3.05, 3.63) is 41.9 Å². The van der Waals surface area contributed by atoms with E-state index in [1.54, 1.807) is 7.11 Å². The molecule has 0 aliphatic carbocycles. The van der Waals surface area contributed by atoms with Crippen molar-refractivity contribution in [1.29, 1.82) is 0 Å². The Balaban J connectivity index is 1.93. The van der Waals surface area contributed by atoms with Crippen LogP contribution in [-0.4, -0.2) is 23.6 Å². The van der Waals surface area contributed by atoms with Crippen LogP contribution < -0.4 is 10.1 Å². The summed E-state index contributed by atoms with van der Waals surface area (Å²) in [6, 6.07) is 8.39. The van der Waals surface area contributed by atoms with Crippen LogP contribution in [0.2, 0.25) is 0 Å². The maximum absolute atomic E-state index is 5.30. The Morgan fingerprint density at radius 3 is 2.90 bits per heavy atom. The Kier molecular flexibility index (Phi) is 3.65. The number of aromatic nitrogens is 2. The van der Waals surface area contributed by atoms with Gasteiger partial charge in [0, 0.05) is 11.8 Å². The molecule has 1 fully saturated rings. The van der Waals surface area contributed by atoms with E-state index >= 15 is 0 Å². The highest BCUT2D eigenvalue weighted by Crippen LogP contribution is 2.26. The topological polar surface area (TPSA) is 47.0 Å². The van der Waals surface area contributed by atoms with Crippen LogP contribution in [0.4, 0.5) is 0 Å². The molecular weight excluding hydrogens is 250 g/mol. The smallest absolute Gasteiger partial charge is 0.145 e. The largest absolute Gasteiger partial charge is 0.496 e. The lowest BCUT2D eigenvalue weighted by atomic mass is 10.1. The van der Waals surface area contributed by atoms with Gasteiger partial charge in [-0.1, -0.05) is 0 Å². The first-order chi connectivity index (χ1) is 9.78. The van der Waals surface area contributed by atoms with E-state index in [1.807, 2.05) is 31.3 Å². The van der Waals surface area contributed by atoms with Crippen LogP contribution in [0.5, 0.6) is 5.75 Å². The van der Waals surface area contributed by atoms with Crippen LogP contribution in [0.15, 0.2) is 30.5 Å². The fourth-order valence-electron chi connectivity index (χ4n) is 2.65. The minimum Gasteiger partial charge on any atom is -0.496 e. The van der Waals surface area contributed by atoms with E-state index in [4.69, 9.17) is 9.72 Å². The lowest BCUT2D eigenvalue weighted by molar-refractivity contribution is 0.412. The zero-order valence-corrected chi connectivity index (χ0v) is 11.9. The van der Waals surface area contributed by atoms with Gasteiger partial charge in [0.25, 0.3) is 0 Å². The summed E-state index contributed by atoms with van der Waals surface area (Å²) in [5.41, 5.74) is 3.18. The van der Waals surface area contributed by atoms with Crippen LogP contribution in [0.25, 0.3) is 11.3 Å². The van der Waals surface area contributed by atoms with Crippen molar-refractivity contribution in [1.82, 2.24) is 15.3 Å². The van der Waals surface area contributed by atoms with Crippen molar-refractivity contribution in [3.8, 4) is 17.0 Å². The third-order valence-corrected chi connectivity index (χ3v) is 3.74. The maximum atomic E-state index is 5.30. The number of aryl methyl sites for hydroxylation is 1. The molecule has 1 aromatic carbocycles. The second kappa shape index (κ2) is 5.59. The summed E-state index contributed by atoms with van der Waals surface area (Å²) in [7, 11) is 1.69. The van der Waals surface area contributed by atoms with Gasteiger partial charge in [0.2, 0.25) is 0 Å². The van der Waals surface area contributed by atoms with Crippen LogP contribution in [0, 0.1) is 6.92 Å². The van der Waals surface area contributed by atoms with E-state index < -0.39 is 0 Å². The normalized spacial score (nSPS) is 18.2. The molecule has 1 aliphatic rings. The molecule has 1 aliphatic heterocycles. The summed E-state index contributed by atoms with van der Waals surface area (Å²) in [4.78, 5) is 9.11. The van der Waals surface area contributed by atoms with Crippen molar-refractivity contribution in [3.63, 3.8) is 0 Å². The summed E-state index contributed by atoms with van der Waals surface area (Å²) in [5, 5.41) is 3.44. The third kappa shape index (κ3) is 2.51. The summed E-state index contributed by atoms with van der Waals surface area (Å²) in [5.74, 6) is 1.80. The van der Waals surface area contributed by atoms with Crippen molar-refractivity contribution in [2.45, 2.75) is 25.8 Å². The van der Waals surface area contributed by atoms with Crippen molar-refractivity contribution < 1.29 is 4.74 Å². The second-order valence-electron chi connectivity index (χ2n) is 5.13. The molecule has 0 amide bonds. The summed E-state index contributed by atoms with van der Waals surface area (Å²) < 4.78 is 5.30. The Bertz CT molecular complexity index is 606. The van der Waals surface area contributed by atoms with Gasteiger partial charge in [0.05, 0.1) is 18.8 Å². The number of ether oxygens (including phenoxy) is 1. The predicted octanol–water partition coefficient (Wildman–Crippen LogP) is 2.89. The number of rotatable bonds is 3. The lowest BCUT2D eigenvalue weighted by Gasteiger charge is -2.11. The predicted molar refractivity (Wildman–Crippen MR) is 78.7 cm³/mol. The minimum absolute atomic E-state index is 0.300. The Morgan fingerprint density at radius 2 is 2.20 bits per heavy atom. The molecular formula is C16H19N3O. The lowest BCUT2D eigenvalue weighted by Crippen LogP contribution is -2.15. The molecule has 4 heteroatoms. The molecule has 0 saturated carbocycles. The highest BCUT2D eigenvalue weighted by molar-refractivity contribution is 5.61. The van der Waals surface area contributed by atoms with E-state index in [0.717, 1.165) is 41.4 Å². The highest BCUT2D eigenvalue weighted by atomic mass is 16.5. The second-order valence-corrected chi connectivity index (χ2v) is 5.13. The molecule has 1 atom stereocenters. The number of hydrogen-bond donors (Lipinski definition) is 1. The molecule has 0 spiro atoms. The summed E-state index contributed by atoms with van der Waals surface area (Å²) >= 11 is 0. The van der Waals surface area contributed by atoms with Crippen LogP contribution in [0.1, 0.15) is 30.3 Å². The Morgan fingerprint density at radius 1 is 1.30 bits per heavy atom. The quantitative estimate of drug-likeness (QED) is 0.930. The average Bonchev–Trinajstić information content (AvgIpc) is 3.01. The van der Waals surface area contributed by atoms with Crippen LogP contribution in [0.3, 0.4) is 0 Å². The van der Waals surface area contributed by atoms with Crippen LogP contribution >= 0.6 is 0 Å². The van der Waals surface area contributed by atoms with Gasteiger partial charge in [-0.05, 0) is 56.1 Å². The van der Waals surface area contributed by atoms with Gasteiger partial charge in [0.1, 0.15) is 11.6 Å². The van der Waals surface area contributed by atoms with Gasteiger partial charge in [-0.25, -0.2) is 9.97 Å². The molecule has 104 valence electrons. The molecule has 1 aromatic heterocycles. The number of benzene rings is 1. The SMILES string of the molecule is COc1ccc(-c2ccnc(C3CCCN3)n2)cc1C. The van der Waals surface area contributed by atoms with E-state index in [-0.39, 0.29) is 0 Å². The Labute approximate surface area is 119 Å². The monoisotopic (exact) mass is 269 g/mol. The standard InChI is InChI=1S/C16H19N3O/c1-11-10-12(5-6-15(11)20-2)13-7-9-18-16(19-13)14-4-3-8-17-14/h5-7,9-10,14,17H,3-4,8H2,1-2H3. The minimum atomic E-state index is 0.300. The maximum Gasteiger partial charge on any atom is 0.145 e. The zero-order chi connectivity index (χ0) is 13.9. The molecule has 1 unspecified atom stereocenters. The summed E-state index contributed by atoms with van der Waals surface area (Å²) in [6.07, 6.45) is 4.15. The van der Waals surface area contributed by atoms with Gasteiger partial charge >= 0.3 is 0 Å². The van der Waals surface area contributed by atoms with Gasteiger partial charge in [0.15, 0.2) is 0 Å². The fraction of sp³-hybridized carbons (Fsp3) is 0.375. The number of hydrogen-bond acceptors (Lipinski definition) is 4. The number of nitrogens with zero attached hydrogens (tertiary/aromatic N) is 2. The molecule has 20 heavy (non-hydrogen) atoms. The van der Waals surface area contributed by atoms with Gasteiger partial charge in [-0.2, -0.15) is 0 Å². The number of methoxy groups -OCH3 is 1. The zero-order valence-electron chi connectivity index (χ0n) is 11.9. The first-order valence-corrected chi connectivity index (χ1v) is 6.99. The first kappa shape index (κ1) is 13.1. The summed E-state index contributed by atoms with van der Waals surface area (Å²) in [6.45, 7) is 3.10. The first-order valence-electron chi connectivity index (χ1n) is 6.99. The van der Waals surface area contributed by atoms with Crippen molar-refractivity contribution >= 4 is 0 Å². The third-order valence-electron chi connectivity index (χ3n) is 3.74. The fourth-order valence-corrected chi connectivity index (χ4v) is 2.65. The van der Waals surface area contributed by atoms with Crippen molar-refractivity contribution in [2.24, 2.45) is 0 Å². The average molecular weight is 269 g/mol. The molecule has 4 nitrogen and oxygen atoms in total. The highest BCUT2D eigenvalue weighted by Gasteiger charge is 2.19. The van der Waals surface area contributed by atoms with E-state index in [0.29, 0.717) is 6.04 Å². The van der Waals surface area contributed by atoms with Gasteiger partial charge < -0.3 is 10.1 Å². The molecule has 0 bridgehead atoms. The van der Waals surface area contributed by atoms with Crippen LogP contribution in [-0.2, 0) is 0 Å². The number of nitrogens with one attached hydrogen (secondary N) is 1. The molecule has 3 rings (SSSR count).